The number of aryl methyl sites for hydroxylation is 1. The van der Waals surface area contributed by atoms with Gasteiger partial charge in [-0.3, -0.25) is 9.69 Å². The Morgan fingerprint density at radius 2 is 1.85 bits per heavy atom. The molecule has 0 saturated carbocycles. The molecule has 1 amide bonds. The van der Waals surface area contributed by atoms with Crippen LogP contribution in [0.4, 0.5) is 5.69 Å². The average Bonchev–Trinajstić information content (AvgIpc) is 3.08. The van der Waals surface area contributed by atoms with Crippen molar-refractivity contribution in [2.75, 3.05) is 12.0 Å². The third-order valence-corrected chi connectivity index (χ3v) is 7.49. The maximum absolute atomic E-state index is 13.1. The van der Waals surface area contributed by atoms with Gasteiger partial charge in [-0.1, -0.05) is 71.5 Å². The Labute approximate surface area is 215 Å². The number of anilines is 1. The minimum Gasteiger partial charge on any atom is -0.493 e. The van der Waals surface area contributed by atoms with Gasteiger partial charge in [-0.05, 0) is 70.4 Å². The zero-order valence-corrected chi connectivity index (χ0v) is 21.8. The summed E-state index contributed by atoms with van der Waals surface area (Å²) < 4.78 is 12.7. The molecule has 8 heteroatoms. The Bertz CT molecular complexity index is 1260. The van der Waals surface area contributed by atoms with Gasteiger partial charge in [-0.25, -0.2) is 0 Å². The number of carbonyl (C=O) groups excluding carboxylic acids is 1. The molecule has 4 rings (SSSR count). The predicted molar refractivity (Wildman–Crippen MR) is 143 cm³/mol. The second kappa shape index (κ2) is 10.3. The second-order valence-corrected chi connectivity index (χ2v) is 10.2. The Balaban J connectivity index is 1.53. The number of carbonyl (C=O) groups is 1. The molecule has 33 heavy (non-hydrogen) atoms. The van der Waals surface area contributed by atoms with Crippen molar-refractivity contribution in [3.05, 3.63) is 91.8 Å². The highest BCUT2D eigenvalue weighted by Gasteiger charge is 2.33. The molecule has 0 aromatic heterocycles. The molecule has 0 spiro atoms. The standard InChI is InChI=1S/C25H19BrClNO3S2/c1-15-3-5-16(6-4-15)14-31-21-10-7-17(11-22(21)30-2)12-23-24(29)28(25(32)33-23)18-8-9-19(26)20(27)13-18/h3-13H,14H2,1-2H3/b23-12+. The van der Waals surface area contributed by atoms with E-state index in [1.807, 2.05) is 37.3 Å². The third-order valence-electron chi connectivity index (χ3n) is 4.96. The van der Waals surface area contributed by atoms with Crippen LogP contribution >= 0.6 is 51.5 Å². The second-order valence-electron chi connectivity index (χ2n) is 7.30. The van der Waals surface area contributed by atoms with Crippen LogP contribution in [0.2, 0.25) is 5.02 Å². The van der Waals surface area contributed by atoms with Crippen LogP contribution in [0.15, 0.2) is 70.0 Å². The highest BCUT2D eigenvalue weighted by Crippen LogP contribution is 2.39. The monoisotopic (exact) mass is 559 g/mol. The number of nitrogens with zero attached hydrogens (tertiary/aromatic N) is 1. The van der Waals surface area contributed by atoms with Gasteiger partial charge in [0.2, 0.25) is 0 Å². The fourth-order valence-corrected chi connectivity index (χ4v) is 4.92. The average molecular weight is 561 g/mol. The highest BCUT2D eigenvalue weighted by molar-refractivity contribution is 9.10. The maximum atomic E-state index is 13.1. The molecule has 168 valence electrons. The number of halogens is 2. The van der Waals surface area contributed by atoms with Gasteiger partial charge < -0.3 is 9.47 Å². The largest absolute Gasteiger partial charge is 0.493 e. The molecule has 1 aliphatic rings. The number of ether oxygens (including phenoxy) is 2. The number of methoxy groups -OCH3 is 1. The molecule has 1 fully saturated rings. The van der Waals surface area contributed by atoms with Crippen molar-refractivity contribution in [1.29, 1.82) is 0 Å². The van der Waals surface area contributed by atoms with Crippen LogP contribution in [0.25, 0.3) is 6.08 Å². The van der Waals surface area contributed by atoms with Crippen molar-refractivity contribution < 1.29 is 14.3 Å². The van der Waals surface area contributed by atoms with Gasteiger partial charge in [0.15, 0.2) is 15.8 Å². The molecular weight excluding hydrogens is 542 g/mol. The number of benzene rings is 3. The molecule has 0 atom stereocenters. The van der Waals surface area contributed by atoms with Gasteiger partial charge in [0.1, 0.15) is 6.61 Å². The van der Waals surface area contributed by atoms with Crippen molar-refractivity contribution in [2.24, 2.45) is 0 Å². The molecule has 0 radical (unpaired) electrons. The SMILES string of the molecule is COc1cc(/C=C2/SC(=S)N(c3ccc(Br)c(Cl)c3)C2=O)ccc1OCc1ccc(C)cc1. The van der Waals surface area contributed by atoms with Gasteiger partial charge in [0.05, 0.1) is 22.7 Å². The zero-order valence-electron chi connectivity index (χ0n) is 17.8. The van der Waals surface area contributed by atoms with E-state index in [0.29, 0.717) is 38.0 Å². The topological polar surface area (TPSA) is 38.8 Å². The van der Waals surface area contributed by atoms with Gasteiger partial charge in [-0.2, -0.15) is 0 Å². The lowest BCUT2D eigenvalue weighted by Crippen LogP contribution is -2.27. The van der Waals surface area contributed by atoms with Crippen molar-refractivity contribution in [2.45, 2.75) is 13.5 Å². The number of thiocarbonyl (C=S) groups is 1. The maximum Gasteiger partial charge on any atom is 0.270 e. The van der Waals surface area contributed by atoms with Crippen LogP contribution in [0.3, 0.4) is 0 Å². The molecule has 4 nitrogen and oxygen atoms in total. The van der Waals surface area contributed by atoms with E-state index in [9.17, 15) is 4.79 Å². The molecule has 0 unspecified atom stereocenters. The molecule has 1 aliphatic heterocycles. The third kappa shape index (κ3) is 5.44. The summed E-state index contributed by atoms with van der Waals surface area (Å²) in [5.41, 5.74) is 3.72. The van der Waals surface area contributed by atoms with E-state index in [4.69, 9.17) is 33.3 Å². The summed E-state index contributed by atoms with van der Waals surface area (Å²) in [5, 5.41) is 0.511. The van der Waals surface area contributed by atoms with Crippen LogP contribution in [0.5, 0.6) is 11.5 Å². The van der Waals surface area contributed by atoms with E-state index in [2.05, 4.69) is 28.1 Å². The van der Waals surface area contributed by atoms with Gasteiger partial charge >= 0.3 is 0 Å². The molecule has 0 bridgehead atoms. The minimum absolute atomic E-state index is 0.193. The van der Waals surface area contributed by atoms with Crippen molar-refractivity contribution >= 4 is 73.5 Å². The highest BCUT2D eigenvalue weighted by atomic mass is 79.9. The van der Waals surface area contributed by atoms with Crippen LogP contribution in [0, 0.1) is 6.92 Å². The summed E-state index contributed by atoms with van der Waals surface area (Å²) in [5.74, 6) is 1.03. The minimum atomic E-state index is -0.193. The van der Waals surface area contributed by atoms with Crippen LogP contribution in [-0.4, -0.2) is 17.3 Å². The van der Waals surface area contributed by atoms with E-state index in [1.54, 1.807) is 31.4 Å². The van der Waals surface area contributed by atoms with Gasteiger partial charge in [0, 0.05) is 4.47 Å². The Morgan fingerprint density at radius 3 is 2.55 bits per heavy atom. The summed E-state index contributed by atoms with van der Waals surface area (Å²) in [6, 6.07) is 19.1. The normalized spacial score (nSPS) is 14.8. The number of thioether (sulfide) groups is 1. The first kappa shape index (κ1) is 23.8. The quantitative estimate of drug-likeness (QED) is 0.232. The predicted octanol–water partition coefficient (Wildman–Crippen LogP) is 7.40. The Kier molecular flexibility index (Phi) is 7.44. The van der Waals surface area contributed by atoms with E-state index in [0.717, 1.165) is 15.6 Å². The first-order chi connectivity index (χ1) is 15.9. The fraction of sp³-hybridized carbons (Fsp3) is 0.120. The number of hydrogen-bond donors (Lipinski definition) is 0. The lowest BCUT2D eigenvalue weighted by atomic mass is 10.1. The smallest absolute Gasteiger partial charge is 0.270 e. The Hall–Kier alpha value is -2.32. The summed E-state index contributed by atoms with van der Waals surface area (Å²) in [6.45, 7) is 2.48. The van der Waals surface area contributed by atoms with Crippen molar-refractivity contribution in [3.8, 4) is 11.5 Å². The molecule has 3 aromatic rings. The van der Waals surface area contributed by atoms with Gasteiger partial charge in [-0.15, -0.1) is 0 Å². The first-order valence-corrected chi connectivity index (χ1v) is 12.3. The lowest BCUT2D eigenvalue weighted by Gasteiger charge is -2.15. The molecule has 0 aliphatic carbocycles. The number of amides is 1. The summed E-state index contributed by atoms with van der Waals surface area (Å²) in [4.78, 5) is 15.1. The van der Waals surface area contributed by atoms with Crippen molar-refractivity contribution in [3.63, 3.8) is 0 Å². The van der Waals surface area contributed by atoms with Gasteiger partial charge in [0.25, 0.3) is 5.91 Å². The van der Waals surface area contributed by atoms with E-state index >= 15 is 0 Å². The molecule has 1 heterocycles. The zero-order chi connectivity index (χ0) is 23.5. The summed E-state index contributed by atoms with van der Waals surface area (Å²) in [7, 11) is 1.59. The van der Waals surface area contributed by atoms with E-state index in [1.165, 1.54) is 22.2 Å². The van der Waals surface area contributed by atoms with Crippen LogP contribution in [0.1, 0.15) is 16.7 Å². The summed E-state index contributed by atoms with van der Waals surface area (Å²) in [6.07, 6.45) is 1.80. The molecular formula is C25H19BrClNO3S2. The number of hydrogen-bond acceptors (Lipinski definition) is 5. The van der Waals surface area contributed by atoms with E-state index in [-0.39, 0.29) is 5.91 Å². The van der Waals surface area contributed by atoms with Crippen LogP contribution in [-0.2, 0) is 11.4 Å². The first-order valence-electron chi connectivity index (χ1n) is 9.95. The summed E-state index contributed by atoms with van der Waals surface area (Å²) >= 11 is 16.3. The molecule has 1 saturated heterocycles. The van der Waals surface area contributed by atoms with E-state index < -0.39 is 0 Å². The fourth-order valence-electron chi connectivity index (χ4n) is 3.20. The molecule has 3 aromatic carbocycles. The number of rotatable bonds is 6. The lowest BCUT2D eigenvalue weighted by molar-refractivity contribution is -0.113. The van der Waals surface area contributed by atoms with Crippen molar-refractivity contribution in [1.82, 2.24) is 0 Å². The van der Waals surface area contributed by atoms with Crippen LogP contribution < -0.4 is 14.4 Å². The Morgan fingerprint density at radius 1 is 1.09 bits per heavy atom. The molecule has 0 N–H and O–H groups in total.